The van der Waals surface area contributed by atoms with Gasteiger partial charge in [-0.2, -0.15) is 5.26 Å². The van der Waals surface area contributed by atoms with E-state index in [4.69, 9.17) is 5.26 Å². The molecule has 0 saturated heterocycles. The fourth-order valence-electron chi connectivity index (χ4n) is 1.99. The summed E-state index contributed by atoms with van der Waals surface area (Å²) in [5.74, 6) is -0.364. The van der Waals surface area contributed by atoms with E-state index in [0.717, 1.165) is 29.4 Å². The number of hydrogen-bond donors (Lipinski definition) is 2. The van der Waals surface area contributed by atoms with Gasteiger partial charge in [0, 0.05) is 24.3 Å². The monoisotopic (exact) mass is 294 g/mol. The van der Waals surface area contributed by atoms with Gasteiger partial charge in [-0.3, -0.25) is 9.78 Å². The summed E-state index contributed by atoms with van der Waals surface area (Å²) in [6.45, 7) is 2.62. The Labute approximate surface area is 129 Å². The summed E-state index contributed by atoms with van der Waals surface area (Å²) in [5.41, 5.74) is 1.60. The first kappa shape index (κ1) is 15.5. The Morgan fingerprint density at radius 2 is 2.18 bits per heavy atom. The third-order valence-corrected chi connectivity index (χ3v) is 3.19. The van der Waals surface area contributed by atoms with E-state index in [0.29, 0.717) is 6.54 Å². The lowest BCUT2D eigenvalue weighted by Crippen LogP contribution is -2.25. The highest BCUT2D eigenvalue weighted by Gasteiger charge is 2.08. The highest BCUT2D eigenvalue weighted by Crippen LogP contribution is 2.20. The lowest BCUT2D eigenvalue weighted by atomic mass is 10.2. The van der Waals surface area contributed by atoms with Crippen molar-refractivity contribution < 1.29 is 4.79 Å². The summed E-state index contributed by atoms with van der Waals surface area (Å²) in [6.07, 6.45) is 5.02. The predicted molar refractivity (Wildman–Crippen MR) is 87.0 cm³/mol. The Balaban J connectivity index is 2.14. The van der Waals surface area contributed by atoms with Crippen molar-refractivity contribution >= 4 is 22.5 Å². The second-order valence-electron chi connectivity index (χ2n) is 4.80. The van der Waals surface area contributed by atoms with E-state index < -0.39 is 0 Å². The molecule has 22 heavy (non-hydrogen) atoms. The van der Waals surface area contributed by atoms with Crippen molar-refractivity contribution in [3.63, 3.8) is 0 Å². The molecule has 112 valence electrons. The van der Waals surface area contributed by atoms with Crippen molar-refractivity contribution in [2.75, 3.05) is 11.9 Å². The summed E-state index contributed by atoms with van der Waals surface area (Å²) < 4.78 is 0. The SMILES string of the molecule is CCCCNC(=O)/C(C#N)=C\Nc1cccc2cccnc12. The van der Waals surface area contributed by atoms with Gasteiger partial charge in [0.15, 0.2) is 0 Å². The van der Waals surface area contributed by atoms with Crippen molar-refractivity contribution in [3.05, 3.63) is 48.3 Å². The number of anilines is 1. The molecule has 0 bridgehead atoms. The zero-order valence-corrected chi connectivity index (χ0v) is 12.5. The summed E-state index contributed by atoms with van der Waals surface area (Å²) in [4.78, 5) is 16.2. The van der Waals surface area contributed by atoms with Crippen LogP contribution in [-0.4, -0.2) is 17.4 Å². The maximum absolute atomic E-state index is 11.9. The average molecular weight is 294 g/mol. The number of rotatable bonds is 6. The molecule has 1 amide bonds. The lowest BCUT2D eigenvalue weighted by Gasteiger charge is -2.06. The van der Waals surface area contributed by atoms with Gasteiger partial charge in [-0.25, -0.2) is 0 Å². The van der Waals surface area contributed by atoms with Crippen LogP contribution in [0.1, 0.15) is 19.8 Å². The molecule has 0 radical (unpaired) electrons. The van der Waals surface area contributed by atoms with Gasteiger partial charge in [0.1, 0.15) is 11.6 Å². The van der Waals surface area contributed by atoms with Crippen molar-refractivity contribution in [2.45, 2.75) is 19.8 Å². The van der Waals surface area contributed by atoms with Crippen LogP contribution < -0.4 is 10.6 Å². The van der Waals surface area contributed by atoms with Gasteiger partial charge in [0.05, 0.1) is 11.2 Å². The van der Waals surface area contributed by atoms with E-state index in [9.17, 15) is 4.79 Å². The molecule has 0 aliphatic carbocycles. The Morgan fingerprint density at radius 1 is 1.36 bits per heavy atom. The van der Waals surface area contributed by atoms with Gasteiger partial charge in [0.25, 0.3) is 5.91 Å². The van der Waals surface area contributed by atoms with Crippen LogP contribution in [0.3, 0.4) is 0 Å². The summed E-state index contributed by atoms with van der Waals surface area (Å²) in [7, 11) is 0. The first-order valence-corrected chi connectivity index (χ1v) is 7.25. The van der Waals surface area contributed by atoms with Gasteiger partial charge in [-0.1, -0.05) is 31.5 Å². The van der Waals surface area contributed by atoms with Crippen LogP contribution in [0.15, 0.2) is 48.3 Å². The number of carbonyl (C=O) groups excluding carboxylic acids is 1. The highest BCUT2D eigenvalue weighted by molar-refractivity contribution is 5.98. The second kappa shape index (κ2) is 7.79. The molecule has 0 fully saturated rings. The van der Waals surface area contributed by atoms with Crippen LogP contribution in [0.2, 0.25) is 0 Å². The third-order valence-electron chi connectivity index (χ3n) is 3.19. The van der Waals surface area contributed by atoms with Gasteiger partial charge in [-0.05, 0) is 18.6 Å². The molecular formula is C17H18N4O. The van der Waals surface area contributed by atoms with Gasteiger partial charge in [-0.15, -0.1) is 0 Å². The van der Waals surface area contributed by atoms with Crippen LogP contribution >= 0.6 is 0 Å². The summed E-state index contributed by atoms with van der Waals surface area (Å²) >= 11 is 0. The standard InChI is InChI=1S/C17H18N4O/c1-2-3-9-20-17(22)14(11-18)12-21-15-8-4-6-13-7-5-10-19-16(13)15/h4-8,10,12,21H,2-3,9H2,1H3,(H,20,22)/b14-12-. The van der Waals surface area contributed by atoms with E-state index in [2.05, 4.69) is 15.6 Å². The van der Waals surface area contributed by atoms with E-state index >= 15 is 0 Å². The van der Waals surface area contributed by atoms with E-state index in [-0.39, 0.29) is 11.5 Å². The van der Waals surface area contributed by atoms with E-state index in [1.165, 1.54) is 6.20 Å². The van der Waals surface area contributed by atoms with Crippen LogP contribution in [0.5, 0.6) is 0 Å². The molecule has 0 atom stereocenters. The van der Waals surface area contributed by atoms with Gasteiger partial charge >= 0.3 is 0 Å². The van der Waals surface area contributed by atoms with E-state index in [1.54, 1.807) is 6.20 Å². The van der Waals surface area contributed by atoms with Crippen LogP contribution in [0.25, 0.3) is 10.9 Å². The number of unbranched alkanes of at least 4 members (excludes halogenated alkanes) is 1. The van der Waals surface area contributed by atoms with E-state index in [1.807, 2.05) is 43.3 Å². The number of pyridine rings is 1. The van der Waals surface area contributed by atoms with Gasteiger partial charge < -0.3 is 10.6 Å². The topological polar surface area (TPSA) is 77.8 Å². The van der Waals surface area contributed by atoms with Crippen LogP contribution in [0.4, 0.5) is 5.69 Å². The average Bonchev–Trinajstić information content (AvgIpc) is 2.56. The Morgan fingerprint density at radius 3 is 2.95 bits per heavy atom. The minimum atomic E-state index is -0.364. The molecule has 5 nitrogen and oxygen atoms in total. The Hall–Kier alpha value is -2.87. The molecule has 2 N–H and O–H groups in total. The summed E-state index contributed by atoms with van der Waals surface area (Å²) in [5, 5.41) is 15.8. The summed E-state index contributed by atoms with van der Waals surface area (Å²) in [6, 6.07) is 11.4. The van der Waals surface area contributed by atoms with Gasteiger partial charge in [0.2, 0.25) is 0 Å². The Bertz CT molecular complexity index is 726. The maximum Gasteiger partial charge on any atom is 0.263 e. The number of aromatic nitrogens is 1. The van der Waals surface area contributed by atoms with Crippen LogP contribution in [-0.2, 0) is 4.79 Å². The zero-order chi connectivity index (χ0) is 15.8. The molecule has 0 aliphatic rings. The number of nitrogens with zero attached hydrogens (tertiary/aromatic N) is 2. The fourth-order valence-corrected chi connectivity index (χ4v) is 1.99. The quantitative estimate of drug-likeness (QED) is 0.488. The number of carbonyl (C=O) groups is 1. The number of para-hydroxylation sites is 1. The molecule has 0 aliphatic heterocycles. The normalized spacial score (nSPS) is 11.0. The first-order valence-electron chi connectivity index (χ1n) is 7.25. The number of benzene rings is 1. The van der Waals surface area contributed by atoms with Crippen LogP contribution in [0, 0.1) is 11.3 Å². The molecule has 1 aromatic heterocycles. The highest BCUT2D eigenvalue weighted by atomic mass is 16.1. The minimum absolute atomic E-state index is 0.0454. The third kappa shape index (κ3) is 3.83. The zero-order valence-electron chi connectivity index (χ0n) is 12.5. The van der Waals surface area contributed by atoms with Crippen molar-refractivity contribution in [2.24, 2.45) is 0 Å². The maximum atomic E-state index is 11.9. The smallest absolute Gasteiger partial charge is 0.263 e. The fraction of sp³-hybridized carbons (Fsp3) is 0.235. The number of hydrogen-bond acceptors (Lipinski definition) is 4. The number of fused-ring (bicyclic) bond motifs is 1. The van der Waals surface area contributed by atoms with Crippen molar-refractivity contribution in [1.29, 1.82) is 5.26 Å². The molecular weight excluding hydrogens is 276 g/mol. The number of nitriles is 1. The molecule has 2 aromatic rings. The molecule has 0 unspecified atom stereocenters. The Kier molecular flexibility index (Phi) is 5.50. The molecule has 5 heteroatoms. The molecule has 2 rings (SSSR count). The largest absolute Gasteiger partial charge is 0.358 e. The molecule has 1 heterocycles. The number of amides is 1. The molecule has 0 spiro atoms. The number of nitrogens with one attached hydrogen (secondary N) is 2. The van der Waals surface area contributed by atoms with Crippen molar-refractivity contribution in [3.8, 4) is 6.07 Å². The van der Waals surface area contributed by atoms with Crippen molar-refractivity contribution in [1.82, 2.24) is 10.3 Å². The molecule has 1 aromatic carbocycles. The lowest BCUT2D eigenvalue weighted by molar-refractivity contribution is -0.117. The predicted octanol–water partition coefficient (Wildman–Crippen LogP) is 2.97. The minimum Gasteiger partial charge on any atom is -0.358 e. The second-order valence-corrected chi connectivity index (χ2v) is 4.80. The first-order chi connectivity index (χ1) is 10.8. The molecule has 0 saturated carbocycles.